The van der Waals surface area contributed by atoms with Gasteiger partial charge in [-0.15, -0.1) is 0 Å². The lowest BCUT2D eigenvalue weighted by Gasteiger charge is -2.48. The van der Waals surface area contributed by atoms with Crippen LogP contribution in [0.5, 0.6) is 0 Å². The quantitative estimate of drug-likeness (QED) is 0.0602. The highest BCUT2D eigenvalue weighted by Gasteiger charge is 2.54. The fourth-order valence-electron chi connectivity index (χ4n) is 7.22. The molecule has 10 unspecified atom stereocenters. The topological polar surface area (TPSA) is 159 Å². The van der Waals surface area contributed by atoms with Gasteiger partial charge in [0.15, 0.2) is 12.4 Å². The van der Waals surface area contributed by atoms with E-state index in [1.165, 1.54) is 0 Å². The van der Waals surface area contributed by atoms with E-state index in [-0.39, 0.29) is 35.5 Å². The largest absolute Gasteiger partial charge is 0.459 e. The number of alkyl halides is 1. The van der Waals surface area contributed by atoms with Gasteiger partial charge in [-0.25, -0.2) is 24.0 Å². The fraction of sp³-hybridized carbons (Fsp3) is 0.286. The summed E-state index contributed by atoms with van der Waals surface area (Å²) in [6.45, 7) is 2.77. The van der Waals surface area contributed by atoms with Gasteiger partial charge in [-0.05, 0) is 60.7 Å². The second-order valence-electron chi connectivity index (χ2n) is 15.0. The van der Waals surface area contributed by atoms with Crippen molar-refractivity contribution in [2.75, 3.05) is 13.2 Å². The van der Waals surface area contributed by atoms with Crippen molar-refractivity contribution in [2.24, 2.45) is 11.8 Å². The normalized spacial score (nSPS) is 25.4. The molecule has 2 aliphatic rings. The summed E-state index contributed by atoms with van der Waals surface area (Å²) >= 11 is 3.57. The fourth-order valence-corrected chi connectivity index (χ4v) is 7.80. The molecule has 13 nitrogen and oxygen atoms in total. The number of hydrogen-bond acceptors (Lipinski definition) is 13. The zero-order chi connectivity index (χ0) is 44.3. The van der Waals surface area contributed by atoms with Crippen molar-refractivity contribution in [1.29, 1.82) is 0 Å². The van der Waals surface area contributed by atoms with E-state index in [1.54, 1.807) is 166 Å². The third kappa shape index (κ3) is 11.3. The Balaban J connectivity index is 1.27. The number of carbonyl (C=O) groups excluding carboxylic acids is 5. The molecule has 7 rings (SSSR count). The standard InChI is InChI=1S/C49H45BrO13/c1-30-37(28-56-44(51)32-18-8-3-9-19-32)59-49(42(62-48(55)36-26-16-7-17-27-36)39(30)60-46(53)34-22-12-5-13-23-34)63-41-38(29-57-45(52)33-20-10-4-11-21-33)58-43(50)31(2)40(41)61-47(54)35-24-14-6-15-25-35/h3-27,30-31,37-43,49H,28-29H2,1-2H3. The minimum absolute atomic E-state index is 0.188. The molecule has 2 fully saturated rings. The number of benzene rings is 5. The first-order valence-corrected chi connectivity index (χ1v) is 21.3. The smallest absolute Gasteiger partial charge is 0.338 e. The predicted octanol–water partition coefficient (Wildman–Crippen LogP) is 7.88. The van der Waals surface area contributed by atoms with Gasteiger partial charge < -0.3 is 37.9 Å². The summed E-state index contributed by atoms with van der Waals surface area (Å²) in [5, 5.41) is -0.727. The first-order chi connectivity index (χ1) is 30.6. The van der Waals surface area contributed by atoms with Crippen molar-refractivity contribution in [3.05, 3.63) is 179 Å². The van der Waals surface area contributed by atoms with E-state index in [1.807, 2.05) is 0 Å². The van der Waals surface area contributed by atoms with Crippen LogP contribution in [0.4, 0.5) is 0 Å². The molecule has 2 aliphatic heterocycles. The van der Waals surface area contributed by atoms with Crippen molar-refractivity contribution in [3.63, 3.8) is 0 Å². The van der Waals surface area contributed by atoms with E-state index >= 15 is 0 Å². The van der Waals surface area contributed by atoms with Crippen LogP contribution >= 0.6 is 15.9 Å². The third-order valence-electron chi connectivity index (χ3n) is 10.8. The maximum absolute atomic E-state index is 13.9. The Bertz CT molecular complexity index is 2300. The van der Waals surface area contributed by atoms with Gasteiger partial charge in [-0.3, -0.25) is 0 Å². The van der Waals surface area contributed by atoms with Crippen molar-refractivity contribution >= 4 is 45.8 Å². The van der Waals surface area contributed by atoms with Crippen LogP contribution in [0.1, 0.15) is 65.6 Å². The summed E-state index contributed by atoms with van der Waals surface area (Å²) in [6.07, 6.45) is -8.87. The molecule has 2 heterocycles. The Labute approximate surface area is 372 Å². The summed E-state index contributed by atoms with van der Waals surface area (Å²) in [5.41, 5.74) is 1.26. The van der Waals surface area contributed by atoms with E-state index in [0.717, 1.165) is 0 Å². The van der Waals surface area contributed by atoms with Crippen LogP contribution in [0.3, 0.4) is 0 Å². The maximum atomic E-state index is 13.9. The second kappa shape index (κ2) is 21.3. The van der Waals surface area contributed by atoms with Gasteiger partial charge in [0.2, 0.25) is 0 Å². The molecule has 0 bridgehead atoms. The van der Waals surface area contributed by atoms with Gasteiger partial charge in [0, 0.05) is 11.8 Å². The lowest BCUT2D eigenvalue weighted by Crippen LogP contribution is -2.63. The number of halogens is 1. The molecular weight excluding hydrogens is 876 g/mol. The maximum Gasteiger partial charge on any atom is 0.338 e. The lowest BCUT2D eigenvalue weighted by molar-refractivity contribution is -0.325. The molecule has 0 aromatic heterocycles. The number of rotatable bonds is 14. The van der Waals surface area contributed by atoms with Gasteiger partial charge in [0.05, 0.1) is 27.8 Å². The molecule has 63 heavy (non-hydrogen) atoms. The molecule has 0 spiro atoms. The Morgan fingerprint density at radius 2 is 0.762 bits per heavy atom. The lowest BCUT2D eigenvalue weighted by atomic mass is 9.89. The Morgan fingerprint density at radius 3 is 1.16 bits per heavy atom. The highest BCUT2D eigenvalue weighted by atomic mass is 79.9. The highest BCUT2D eigenvalue weighted by molar-refractivity contribution is 9.09. The highest BCUT2D eigenvalue weighted by Crippen LogP contribution is 2.39. The van der Waals surface area contributed by atoms with Gasteiger partial charge in [-0.1, -0.05) is 121 Å². The van der Waals surface area contributed by atoms with E-state index < -0.39 is 89.6 Å². The molecule has 10 atom stereocenters. The zero-order valence-electron chi connectivity index (χ0n) is 34.3. The van der Waals surface area contributed by atoms with Crippen molar-refractivity contribution in [2.45, 2.75) is 61.8 Å². The van der Waals surface area contributed by atoms with Crippen LogP contribution in [-0.4, -0.2) is 91.0 Å². The van der Waals surface area contributed by atoms with Crippen molar-refractivity contribution in [1.82, 2.24) is 0 Å². The summed E-state index contributed by atoms with van der Waals surface area (Å²) in [6, 6.07) is 41.5. The number of ether oxygens (including phenoxy) is 8. The number of esters is 5. The number of carbonyl (C=O) groups is 5. The average Bonchev–Trinajstić information content (AvgIpc) is 3.33. The van der Waals surface area contributed by atoms with Gasteiger partial charge in [0.1, 0.15) is 48.7 Å². The van der Waals surface area contributed by atoms with Crippen molar-refractivity contribution in [3.8, 4) is 0 Å². The summed E-state index contributed by atoms with van der Waals surface area (Å²) in [7, 11) is 0. The van der Waals surface area contributed by atoms with Crippen LogP contribution in [0.15, 0.2) is 152 Å². The van der Waals surface area contributed by atoms with Gasteiger partial charge in [0.25, 0.3) is 0 Å². The Hall–Kier alpha value is -6.19. The SMILES string of the molecule is CC1C(Br)OC(COC(=O)c2ccccc2)C(OC2OC(COC(=O)c3ccccc3)C(C)C(OC(=O)c3ccccc3)C2OC(=O)c2ccccc2)C1OC(=O)c1ccccc1. The zero-order valence-corrected chi connectivity index (χ0v) is 35.9. The molecule has 2 saturated heterocycles. The van der Waals surface area contributed by atoms with Crippen LogP contribution in [0.2, 0.25) is 0 Å². The third-order valence-corrected chi connectivity index (χ3v) is 11.8. The summed E-state index contributed by atoms with van der Waals surface area (Å²) < 4.78 is 50.0. The molecule has 0 radical (unpaired) electrons. The molecule has 0 saturated carbocycles. The summed E-state index contributed by atoms with van der Waals surface area (Å²) in [4.78, 5) is 68.1. The van der Waals surface area contributed by atoms with E-state index in [0.29, 0.717) is 5.56 Å². The molecule has 0 N–H and O–H groups in total. The molecule has 0 amide bonds. The average molecular weight is 922 g/mol. The van der Waals surface area contributed by atoms with Crippen LogP contribution in [0, 0.1) is 11.8 Å². The minimum Gasteiger partial charge on any atom is -0.459 e. The molecule has 0 aliphatic carbocycles. The van der Waals surface area contributed by atoms with Gasteiger partial charge in [-0.2, -0.15) is 0 Å². The second-order valence-corrected chi connectivity index (χ2v) is 15.9. The molecule has 14 heteroatoms. The van der Waals surface area contributed by atoms with Gasteiger partial charge >= 0.3 is 29.8 Å². The number of hydrogen-bond donors (Lipinski definition) is 0. The predicted molar refractivity (Wildman–Crippen MR) is 230 cm³/mol. The monoisotopic (exact) mass is 920 g/mol. The first-order valence-electron chi connectivity index (χ1n) is 20.4. The molecule has 5 aromatic rings. The van der Waals surface area contributed by atoms with Crippen LogP contribution < -0.4 is 0 Å². The molecule has 326 valence electrons. The van der Waals surface area contributed by atoms with Crippen molar-refractivity contribution < 1.29 is 61.9 Å². The molecular formula is C49H45BrO13. The van der Waals surface area contributed by atoms with E-state index in [2.05, 4.69) is 15.9 Å². The minimum atomic E-state index is -1.60. The summed E-state index contributed by atoms with van der Waals surface area (Å²) in [5.74, 6) is -4.84. The van der Waals surface area contributed by atoms with Crippen LogP contribution in [0.25, 0.3) is 0 Å². The Morgan fingerprint density at radius 1 is 0.429 bits per heavy atom. The van der Waals surface area contributed by atoms with E-state index in [9.17, 15) is 24.0 Å². The van der Waals surface area contributed by atoms with E-state index in [4.69, 9.17) is 37.9 Å². The Kier molecular flexibility index (Phi) is 15.1. The van der Waals surface area contributed by atoms with Crippen LogP contribution in [-0.2, 0) is 37.9 Å². The first kappa shape index (κ1) is 44.9. The molecule has 5 aromatic carbocycles.